The van der Waals surface area contributed by atoms with Crippen molar-refractivity contribution >= 4 is 3.21 Å². The molecular formula is C51H58Cl2Zr. The fourth-order valence-electron chi connectivity index (χ4n) is 12.1. The molecule has 0 spiro atoms. The van der Waals surface area contributed by atoms with Gasteiger partial charge in [0.25, 0.3) is 0 Å². The second-order valence-corrected chi connectivity index (χ2v) is 25.7. The zero-order valence-electron chi connectivity index (χ0n) is 33.7. The summed E-state index contributed by atoms with van der Waals surface area (Å²) in [5, 5.41) is 0. The third kappa shape index (κ3) is 6.69. The maximum absolute atomic E-state index is 3.01. The first-order chi connectivity index (χ1) is 24.8. The molecule has 1 atom stereocenters. The van der Waals surface area contributed by atoms with Gasteiger partial charge in [-0.3, -0.25) is 0 Å². The molecule has 54 heavy (non-hydrogen) atoms. The van der Waals surface area contributed by atoms with Gasteiger partial charge in [0.05, 0.1) is 0 Å². The minimum absolute atomic E-state index is 0. The number of allylic oxidation sites excluding steroid dienone is 4. The largest absolute Gasteiger partial charge is 1.00 e. The van der Waals surface area contributed by atoms with Crippen LogP contribution in [0.25, 0.3) is 11.1 Å². The van der Waals surface area contributed by atoms with Crippen molar-refractivity contribution in [2.45, 2.75) is 108 Å². The van der Waals surface area contributed by atoms with Crippen LogP contribution in [0.5, 0.6) is 0 Å². The van der Waals surface area contributed by atoms with E-state index in [1.54, 1.807) is 19.9 Å². The fourth-order valence-corrected chi connectivity index (χ4v) is 22.5. The summed E-state index contributed by atoms with van der Waals surface area (Å²) in [4.78, 5) is 0. The maximum Gasteiger partial charge on any atom is -1.00 e. The third-order valence-electron chi connectivity index (χ3n) is 13.9. The minimum atomic E-state index is -3.01. The van der Waals surface area contributed by atoms with Crippen molar-refractivity contribution in [3.05, 3.63) is 151 Å². The molecule has 4 saturated carbocycles. The molecule has 1 unspecified atom stereocenters. The van der Waals surface area contributed by atoms with E-state index in [0.29, 0.717) is 15.0 Å². The third-order valence-corrected chi connectivity index (χ3v) is 22.8. The molecule has 0 nitrogen and oxygen atoms in total. The van der Waals surface area contributed by atoms with Crippen molar-refractivity contribution in [1.29, 1.82) is 0 Å². The first kappa shape index (κ1) is 39.9. The van der Waals surface area contributed by atoms with Crippen LogP contribution in [0.3, 0.4) is 0 Å². The standard InChI is InChI=1S/C21H25.C17H23.C13H10.2ClH.Zr/c1-20(2,3)16-7-9-18-14(12-16)11-15-13-17(21(4,5)6)8-10-19(15)18;1-11-3-12(2)16(4-11)17-8-13-5-14(9-17)7-15(6-13)10-17;1-3-7-12(8-4-1)11-13-9-5-2-6-10-13;;;/h7-13H,1-6H3;3,11,13-15H,5-10H2,1-2H3;1-10H;2*1H;/q;;;;;+2/p-2. The van der Waals surface area contributed by atoms with Gasteiger partial charge in [0.1, 0.15) is 0 Å². The predicted molar refractivity (Wildman–Crippen MR) is 218 cm³/mol. The SMILES string of the molecule is CC1=CC(C)[C]([Zr+2](=[C](c2ccccc2)c2ccccc2)[CH]2c3cc(C(C)(C)C)ccc3-c3ccc(C(C)(C)C)cc32)=C1C12CC3CC(CC(C3)C1)C2.[Cl-].[Cl-]. The molecule has 4 aromatic rings. The Balaban J connectivity index is 0.00000225. The van der Waals surface area contributed by atoms with Gasteiger partial charge < -0.3 is 24.8 Å². The summed E-state index contributed by atoms with van der Waals surface area (Å²) in [5.41, 5.74) is 16.1. The number of fused-ring (bicyclic) bond motifs is 3. The second-order valence-electron chi connectivity index (χ2n) is 19.7. The van der Waals surface area contributed by atoms with Crippen LogP contribution in [0.15, 0.2) is 118 Å². The number of halogens is 2. The molecule has 0 aliphatic heterocycles. The Bertz CT molecular complexity index is 2010. The van der Waals surface area contributed by atoms with E-state index in [0.717, 1.165) is 17.8 Å². The van der Waals surface area contributed by atoms with Crippen molar-refractivity contribution in [3.63, 3.8) is 0 Å². The van der Waals surface area contributed by atoms with E-state index in [4.69, 9.17) is 0 Å². The molecule has 4 fully saturated rings. The molecular weight excluding hydrogens is 775 g/mol. The molecule has 0 N–H and O–H groups in total. The van der Waals surface area contributed by atoms with E-state index in [2.05, 4.69) is 159 Å². The Labute approximate surface area is 346 Å². The van der Waals surface area contributed by atoms with Crippen LogP contribution in [0, 0.1) is 29.1 Å². The molecule has 6 aliphatic carbocycles. The molecule has 0 radical (unpaired) electrons. The first-order valence-electron chi connectivity index (χ1n) is 20.4. The minimum Gasteiger partial charge on any atom is -1.00 e. The molecule has 0 amide bonds. The molecule has 280 valence electrons. The summed E-state index contributed by atoms with van der Waals surface area (Å²) in [6.07, 6.45) is 11.5. The van der Waals surface area contributed by atoms with Crippen molar-refractivity contribution in [2.24, 2.45) is 29.1 Å². The van der Waals surface area contributed by atoms with Gasteiger partial charge >= 0.3 is 324 Å². The van der Waals surface area contributed by atoms with Crippen LogP contribution in [-0.2, 0) is 32.1 Å². The monoisotopic (exact) mass is 830 g/mol. The Hall–Kier alpha value is -2.31. The molecule has 4 bridgehead atoms. The van der Waals surface area contributed by atoms with Gasteiger partial charge in [0.15, 0.2) is 0 Å². The second kappa shape index (κ2) is 14.6. The molecule has 4 aromatic carbocycles. The van der Waals surface area contributed by atoms with Crippen LogP contribution in [0.2, 0.25) is 0 Å². The summed E-state index contributed by atoms with van der Waals surface area (Å²) < 4.78 is 4.03. The van der Waals surface area contributed by atoms with E-state index in [9.17, 15) is 0 Å². The summed E-state index contributed by atoms with van der Waals surface area (Å²) in [6.45, 7) is 19.5. The summed E-state index contributed by atoms with van der Waals surface area (Å²) in [7, 11) is 0. The van der Waals surface area contributed by atoms with Gasteiger partial charge in [0.2, 0.25) is 0 Å². The maximum atomic E-state index is 2.73. The molecule has 6 aliphatic rings. The molecule has 10 rings (SSSR count). The van der Waals surface area contributed by atoms with Crippen LogP contribution >= 0.6 is 0 Å². The van der Waals surface area contributed by atoms with Gasteiger partial charge in [-0.15, -0.1) is 0 Å². The summed E-state index contributed by atoms with van der Waals surface area (Å²) in [5.74, 6) is 3.26. The zero-order chi connectivity index (χ0) is 36.2. The Morgan fingerprint density at radius 3 is 1.44 bits per heavy atom. The van der Waals surface area contributed by atoms with Crippen LogP contribution in [0.1, 0.15) is 131 Å². The number of hydrogen-bond donors (Lipinski definition) is 0. The summed E-state index contributed by atoms with van der Waals surface area (Å²) in [6, 6.07) is 38.6. The van der Waals surface area contributed by atoms with E-state index in [1.165, 1.54) is 71.9 Å². The van der Waals surface area contributed by atoms with Crippen molar-refractivity contribution in [2.75, 3.05) is 0 Å². The van der Waals surface area contributed by atoms with E-state index < -0.39 is 21.3 Å². The zero-order valence-corrected chi connectivity index (χ0v) is 37.7. The molecule has 0 saturated heterocycles. The summed E-state index contributed by atoms with van der Waals surface area (Å²) >= 11 is -3.01. The number of benzene rings is 4. The van der Waals surface area contributed by atoms with Crippen molar-refractivity contribution in [1.82, 2.24) is 0 Å². The van der Waals surface area contributed by atoms with Crippen molar-refractivity contribution < 1.29 is 46.1 Å². The Morgan fingerprint density at radius 2 is 1.04 bits per heavy atom. The van der Waals surface area contributed by atoms with Crippen LogP contribution < -0.4 is 24.8 Å². The van der Waals surface area contributed by atoms with E-state index in [-0.39, 0.29) is 35.6 Å². The van der Waals surface area contributed by atoms with Gasteiger partial charge in [-0.25, -0.2) is 0 Å². The topological polar surface area (TPSA) is 0 Å². The van der Waals surface area contributed by atoms with Crippen LogP contribution in [0.4, 0.5) is 0 Å². The van der Waals surface area contributed by atoms with Crippen molar-refractivity contribution in [3.8, 4) is 11.1 Å². The van der Waals surface area contributed by atoms with Gasteiger partial charge in [-0.05, 0) is 0 Å². The van der Waals surface area contributed by atoms with E-state index in [1.807, 2.05) is 8.85 Å². The number of rotatable bonds is 5. The molecule has 0 heterocycles. The normalized spacial score (nSPS) is 25.3. The number of hydrogen-bond acceptors (Lipinski definition) is 0. The Morgan fingerprint density at radius 1 is 0.611 bits per heavy atom. The average molecular weight is 833 g/mol. The predicted octanol–water partition coefficient (Wildman–Crippen LogP) is 7.31. The van der Waals surface area contributed by atoms with Crippen LogP contribution in [-0.4, -0.2) is 3.21 Å². The average Bonchev–Trinajstić information content (AvgIpc) is 3.58. The fraction of sp³-hybridized carbons (Fsp3) is 0.431. The first-order valence-corrected chi connectivity index (χ1v) is 24.3. The molecule has 0 aromatic heterocycles. The quantitative estimate of drug-likeness (QED) is 0.198. The Kier molecular flexibility index (Phi) is 10.8. The van der Waals surface area contributed by atoms with Gasteiger partial charge in [-0.2, -0.15) is 0 Å². The molecule has 3 heteroatoms. The van der Waals surface area contributed by atoms with E-state index >= 15 is 0 Å². The van der Waals surface area contributed by atoms with Gasteiger partial charge in [-0.1, -0.05) is 0 Å². The van der Waals surface area contributed by atoms with Gasteiger partial charge in [0, 0.05) is 0 Å². The smallest absolute Gasteiger partial charge is 1.00 e.